The van der Waals surface area contributed by atoms with Crippen molar-refractivity contribution in [1.82, 2.24) is 15.6 Å². The molecule has 0 spiro atoms. The van der Waals surface area contributed by atoms with Crippen molar-refractivity contribution < 1.29 is 19.1 Å². The minimum absolute atomic E-state index is 0.0119. The molecule has 0 unspecified atom stereocenters. The Morgan fingerprint density at radius 2 is 1.83 bits per heavy atom. The van der Waals surface area contributed by atoms with Crippen LogP contribution in [-0.4, -0.2) is 35.1 Å². The molecule has 7 nitrogen and oxygen atoms in total. The fourth-order valence-corrected chi connectivity index (χ4v) is 2.86. The van der Waals surface area contributed by atoms with Gasteiger partial charge in [0.15, 0.2) is 0 Å². The highest BCUT2D eigenvalue weighted by atomic mass is 35.5. The third-order valence-corrected chi connectivity index (χ3v) is 4.46. The minimum atomic E-state index is -0.804. The number of nitrogens with one attached hydrogen (secondary N) is 3. The molecule has 0 bridgehead atoms. The Morgan fingerprint density at radius 1 is 1.10 bits per heavy atom. The molecule has 0 saturated heterocycles. The number of H-pyrrole nitrogens is 1. The van der Waals surface area contributed by atoms with Crippen LogP contribution in [0.1, 0.15) is 26.3 Å². The van der Waals surface area contributed by atoms with E-state index in [2.05, 4.69) is 15.6 Å². The summed E-state index contributed by atoms with van der Waals surface area (Å²) in [6.07, 6.45) is 1.14. The summed E-state index contributed by atoms with van der Waals surface area (Å²) < 4.78 is 14.3. The van der Waals surface area contributed by atoms with E-state index >= 15 is 0 Å². The fourth-order valence-electron chi connectivity index (χ4n) is 2.74. The number of hydrogen-bond donors (Lipinski definition) is 4. The van der Waals surface area contributed by atoms with Gasteiger partial charge in [0.1, 0.15) is 11.4 Å². The van der Waals surface area contributed by atoms with Gasteiger partial charge in [-0.1, -0.05) is 23.7 Å². The maximum Gasteiger partial charge on any atom is 0.257 e. The van der Waals surface area contributed by atoms with Crippen LogP contribution in [0.5, 0.6) is 0 Å². The van der Waals surface area contributed by atoms with E-state index in [1.807, 2.05) is 0 Å². The molecule has 29 heavy (non-hydrogen) atoms. The third kappa shape index (κ3) is 4.61. The first-order valence-electron chi connectivity index (χ1n) is 8.67. The van der Waals surface area contributed by atoms with Gasteiger partial charge in [-0.2, -0.15) is 0 Å². The number of amides is 2. The van der Waals surface area contributed by atoms with Crippen LogP contribution in [0.4, 0.5) is 4.39 Å². The third-order valence-electron chi connectivity index (χ3n) is 4.21. The lowest BCUT2D eigenvalue weighted by atomic mass is 10.1. The van der Waals surface area contributed by atoms with Gasteiger partial charge in [0.2, 0.25) is 5.43 Å². The molecule has 3 rings (SSSR count). The molecule has 0 fully saturated rings. The first-order chi connectivity index (χ1) is 13.9. The molecule has 1 aromatic heterocycles. The molecule has 0 aliphatic rings. The molecule has 0 aliphatic heterocycles. The van der Waals surface area contributed by atoms with E-state index in [1.165, 1.54) is 6.07 Å². The van der Waals surface area contributed by atoms with Crippen molar-refractivity contribution in [3.63, 3.8) is 0 Å². The van der Waals surface area contributed by atoms with E-state index in [9.17, 15) is 18.8 Å². The van der Waals surface area contributed by atoms with E-state index in [-0.39, 0.29) is 41.7 Å². The Hall–Kier alpha value is -3.23. The highest BCUT2D eigenvalue weighted by Gasteiger charge is 2.17. The predicted molar refractivity (Wildman–Crippen MR) is 107 cm³/mol. The van der Waals surface area contributed by atoms with Crippen LogP contribution in [0.3, 0.4) is 0 Å². The van der Waals surface area contributed by atoms with Gasteiger partial charge in [0.25, 0.3) is 11.8 Å². The Bertz CT molecular complexity index is 1130. The van der Waals surface area contributed by atoms with Gasteiger partial charge in [-0.05, 0) is 29.8 Å². The molecule has 4 N–H and O–H groups in total. The number of benzene rings is 2. The molecule has 1 heterocycles. The first-order valence-corrected chi connectivity index (χ1v) is 9.05. The number of halogens is 2. The van der Waals surface area contributed by atoms with Gasteiger partial charge in [0.05, 0.1) is 17.5 Å². The molecule has 0 aliphatic carbocycles. The standard InChI is InChI=1S/C20H17ClFN3O4/c21-13-3-1-11(2-4-13)9-25-20(29)15-10-24-17-14(18(15)27)7-12(8-16(17)22)19(28)23-5-6-26/h1-4,7-8,10,26H,5-6,9H2,(H,23,28)(H,24,27)(H,25,29). The largest absolute Gasteiger partial charge is 0.395 e. The summed E-state index contributed by atoms with van der Waals surface area (Å²) >= 11 is 5.82. The van der Waals surface area contributed by atoms with E-state index in [4.69, 9.17) is 16.7 Å². The summed E-state index contributed by atoms with van der Waals surface area (Å²) in [6.45, 7) is -0.117. The fraction of sp³-hybridized carbons (Fsp3) is 0.150. The molecule has 0 saturated carbocycles. The van der Waals surface area contributed by atoms with Crippen LogP contribution < -0.4 is 16.1 Å². The van der Waals surface area contributed by atoms with E-state index in [1.54, 1.807) is 24.3 Å². The number of aliphatic hydroxyl groups excluding tert-OH is 1. The molecule has 2 amide bonds. The van der Waals surface area contributed by atoms with Gasteiger partial charge in [-0.3, -0.25) is 14.4 Å². The molecule has 0 radical (unpaired) electrons. The molecular formula is C20H17ClFN3O4. The highest BCUT2D eigenvalue weighted by molar-refractivity contribution is 6.30. The molecule has 2 aromatic carbocycles. The molecular weight excluding hydrogens is 401 g/mol. The minimum Gasteiger partial charge on any atom is -0.395 e. The SMILES string of the molecule is O=C(NCCO)c1cc(F)c2[nH]cc(C(=O)NCc3ccc(Cl)cc3)c(=O)c2c1. The summed E-state index contributed by atoms with van der Waals surface area (Å²) in [5, 5.41) is 14.2. The van der Waals surface area contributed by atoms with Crippen molar-refractivity contribution in [1.29, 1.82) is 0 Å². The maximum atomic E-state index is 14.3. The molecule has 150 valence electrons. The number of carbonyl (C=O) groups is 2. The van der Waals surface area contributed by atoms with Crippen LogP contribution in [0, 0.1) is 5.82 Å². The number of hydrogen-bond acceptors (Lipinski definition) is 4. The monoisotopic (exact) mass is 417 g/mol. The van der Waals surface area contributed by atoms with Gasteiger partial charge in [0, 0.05) is 29.9 Å². The zero-order valence-corrected chi connectivity index (χ0v) is 15.8. The summed E-state index contributed by atoms with van der Waals surface area (Å²) in [5.74, 6) is -2.09. The Labute approximate surface area is 169 Å². The zero-order valence-electron chi connectivity index (χ0n) is 15.1. The normalized spacial score (nSPS) is 10.7. The summed E-state index contributed by atoms with van der Waals surface area (Å²) in [4.78, 5) is 39.8. The van der Waals surface area contributed by atoms with Gasteiger partial charge in [-0.15, -0.1) is 0 Å². The van der Waals surface area contributed by atoms with Crippen molar-refractivity contribution in [2.24, 2.45) is 0 Å². The summed E-state index contributed by atoms with van der Waals surface area (Å²) in [7, 11) is 0. The number of aromatic amines is 1. The molecule has 9 heteroatoms. The Balaban J connectivity index is 1.89. The van der Waals surface area contributed by atoms with Crippen LogP contribution >= 0.6 is 11.6 Å². The van der Waals surface area contributed by atoms with Crippen LogP contribution in [0.25, 0.3) is 10.9 Å². The lowest BCUT2D eigenvalue weighted by Gasteiger charge is -2.08. The second kappa shape index (κ2) is 8.85. The Kier molecular flexibility index (Phi) is 6.26. The topological polar surface area (TPSA) is 111 Å². The predicted octanol–water partition coefficient (Wildman–Crippen LogP) is 1.97. The number of pyridine rings is 1. The van der Waals surface area contributed by atoms with Gasteiger partial charge >= 0.3 is 0 Å². The van der Waals surface area contributed by atoms with Crippen molar-refractivity contribution >= 4 is 34.3 Å². The average molecular weight is 418 g/mol. The quantitative estimate of drug-likeness (QED) is 0.491. The van der Waals surface area contributed by atoms with E-state index in [0.717, 1.165) is 17.8 Å². The van der Waals surface area contributed by atoms with E-state index < -0.39 is 23.1 Å². The number of carbonyl (C=O) groups excluding carboxylic acids is 2. The number of aromatic nitrogens is 1. The highest BCUT2D eigenvalue weighted by Crippen LogP contribution is 2.16. The molecule has 0 atom stereocenters. The average Bonchev–Trinajstić information content (AvgIpc) is 2.72. The Morgan fingerprint density at radius 3 is 2.52 bits per heavy atom. The van der Waals surface area contributed by atoms with Gasteiger partial charge in [-0.25, -0.2) is 4.39 Å². The van der Waals surface area contributed by atoms with Crippen molar-refractivity contribution in [2.75, 3.05) is 13.2 Å². The van der Waals surface area contributed by atoms with Crippen LogP contribution in [-0.2, 0) is 6.54 Å². The number of rotatable bonds is 6. The smallest absolute Gasteiger partial charge is 0.257 e. The lowest BCUT2D eigenvalue weighted by Crippen LogP contribution is -2.29. The van der Waals surface area contributed by atoms with Crippen molar-refractivity contribution in [3.8, 4) is 0 Å². The van der Waals surface area contributed by atoms with Crippen LogP contribution in [0.2, 0.25) is 5.02 Å². The van der Waals surface area contributed by atoms with Crippen molar-refractivity contribution in [2.45, 2.75) is 6.54 Å². The molecule has 3 aromatic rings. The van der Waals surface area contributed by atoms with Crippen LogP contribution in [0.15, 0.2) is 47.4 Å². The van der Waals surface area contributed by atoms with E-state index in [0.29, 0.717) is 5.02 Å². The van der Waals surface area contributed by atoms with Crippen molar-refractivity contribution in [3.05, 3.63) is 80.3 Å². The first kappa shape index (κ1) is 20.5. The second-order valence-corrected chi connectivity index (χ2v) is 6.64. The maximum absolute atomic E-state index is 14.3. The number of aliphatic hydroxyl groups is 1. The number of fused-ring (bicyclic) bond motifs is 1. The zero-order chi connectivity index (χ0) is 21.0. The lowest BCUT2D eigenvalue weighted by molar-refractivity contribution is 0.0939. The summed E-state index contributed by atoms with van der Waals surface area (Å²) in [5.41, 5.74) is -0.327. The van der Waals surface area contributed by atoms with Gasteiger partial charge < -0.3 is 20.7 Å². The second-order valence-electron chi connectivity index (χ2n) is 6.20. The summed E-state index contributed by atoms with van der Waals surface area (Å²) in [6, 6.07) is 9.01.